The Morgan fingerprint density at radius 1 is 1.10 bits per heavy atom. The van der Waals surface area contributed by atoms with Crippen LogP contribution in [0.3, 0.4) is 0 Å². The second kappa shape index (κ2) is 7.40. The van der Waals surface area contributed by atoms with Gasteiger partial charge in [0.15, 0.2) is 0 Å². The van der Waals surface area contributed by atoms with Crippen molar-refractivity contribution < 1.29 is 9.53 Å². The van der Waals surface area contributed by atoms with Crippen molar-refractivity contribution in [3.63, 3.8) is 0 Å². The zero-order valence-electron chi connectivity index (χ0n) is 11.6. The first-order valence-corrected chi connectivity index (χ1v) is 7.00. The van der Waals surface area contributed by atoms with E-state index in [1.807, 2.05) is 37.3 Å². The molecule has 0 heterocycles. The van der Waals surface area contributed by atoms with Crippen LogP contribution in [-0.2, 0) is 0 Å². The molecule has 21 heavy (non-hydrogen) atoms. The van der Waals surface area contributed by atoms with Gasteiger partial charge in [-0.3, -0.25) is 5.32 Å². The Kier molecular flexibility index (Phi) is 5.29. The largest absolute Gasteiger partial charge is 0.494 e. The van der Waals surface area contributed by atoms with Crippen LogP contribution in [0.2, 0.25) is 0 Å². The number of thiocarbonyl (C=S) groups is 1. The van der Waals surface area contributed by atoms with Crippen molar-refractivity contribution in [1.82, 2.24) is 5.32 Å². The summed E-state index contributed by atoms with van der Waals surface area (Å²) in [5.74, 6) is 0.767. The van der Waals surface area contributed by atoms with Crippen molar-refractivity contribution in [2.75, 3.05) is 11.9 Å². The van der Waals surface area contributed by atoms with Crippen LogP contribution in [0.15, 0.2) is 54.6 Å². The predicted molar refractivity (Wildman–Crippen MR) is 87.9 cm³/mol. The van der Waals surface area contributed by atoms with E-state index in [0.29, 0.717) is 17.3 Å². The van der Waals surface area contributed by atoms with Gasteiger partial charge in [0.2, 0.25) is 0 Å². The topological polar surface area (TPSA) is 50.4 Å². The molecule has 108 valence electrons. The fourth-order valence-corrected chi connectivity index (χ4v) is 1.96. The third-order valence-corrected chi connectivity index (χ3v) is 3.02. The number of anilines is 1. The van der Waals surface area contributed by atoms with E-state index in [1.165, 1.54) is 0 Å². The van der Waals surface area contributed by atoms with Gasteiger partial charge in [0.1, 0.15) is 10.7 Å². The number of ether oxygens (including phenoxy) is 1. The van der Waals surface area contributed by atoms with Gasteiger partial charge in [0.25, 0.3) is 0 Å². The first kappa shape index (κ1) is 15.0. The molecule has 0 bridgehead atoms. The first-order valence-electron chi connectivity index (χ1n) is 6.59. The molecule has 0 saturated carbocycles. The molecule has 2 N–H and O–H groups in total. The lowest BCUT2D eigenvalue weighted by atomic mass is 10.2. The number of hydrogen-bond acceptors (Lipinski definition) is 3. The van der Waals surface area contributed by atoms with Gasteiger partial charge in [-0.2, -0.15) is 0 Å². The van der Waals surface area contributed by atoms with Crippen LogP contribution in [-0.4, -0.2) is 17.6 Å². The predicted octanol–water partition coefficient (Wildman–Crippen LogP) is 3.58. The monoisotopic (exact) mass is 300 g/mol. The third kappa shape index (κ3) is 4.57. The van der Waals surface area contributed by atoms with Crippen molar-refractivity contribution in [3.05, 3.63) is 60.2 Å². The van der Waals surface area contributed by atoms with E-state index < -0.39 is 0 Å². The van der Waals surface area contributed by atoms with E-state index in [-0.39, 0.29) is 6.03 Å². The molecule has 2 amide bonds. The fourth-order valence-electron chi connectivity index (χ4n) is 1.73. The Morgan fingerprint density at radius 3 is 2.38 bits per heavy atom. The molecule has 4 nitrogen and oxygen atoms in total. The molecule has 0 spiro atoms. The smallest absolute Gasteiger partial charge is 0.324 e. The average Bonchev–Trinajstić information content (AvgIpc) is 2.50. The molecule has 2 aromatic carbocycles. The average molecular weight is 300 g/mol. The van der Waals surface area contributed by atoms with E-state index >= 15 is 0 Å². The normalized spacial score (nSPS) is 9.76. The van der Waals surface area contributed by atoms with Crippen LogP contribution in [0.5, 0.6) is 5.75 Å². The highest BCUT2D eigenvalue weighted by Gasteiger charge is 2.06. The summed E-state index contributed by atoms with van der Waals surface area (Å²) in [7, 11) is 0. The van der Waals surface area contributed by atoms with Crippen LogP contribution >= 0.6 is 12.2 Å². The summed E-state index contributed by atoms with van der Waals surface area (Å²) in [5, 5.41) is 5.35. The Morgan fingerprint density at radius 2 is 1.76 bits per heavy atom. The van der Waals surface area contributed by atoms with Crippen molar-refractivity contribution in [2.45, 2.75) is 6.92 Å². The van der Waals surface area contributed by atoms with E-state index in [0.717, 1.165) is 11.3 Å². The third-order valence-electron chi connectivity index (χ3n) is 2.69. The number of benzene rings is 2. The van der Waals surface area contributed by atoms with Gasteiger partial charge in [-0.25, -0.2) is 4.79 Å². The molecular weight excluding hydrogens is 284 g/mol. The molecule has 0 aliphatic heterocycles. The maximum atomic E-state index is 11.9. The lowest BCUT2D eigenvalue weighted by Crippen LogP contribution is -2.33. The summed E-state index contributed by atoms with van der Waals surface area (Å²) >= 11 is 5.18. The van der Waals surface area contributed by atoms with Crippen LogP contribution in [0.25, 0.3) is 0 Å². The van der Waals surface area contributed by atoms with Crippen LogP contribution in [0.1, 0.15) is 12.5 Å². The highest BCUT2D eigenvalue weighted by molar-refractivity contribution is 7.80. The molecule has 0 fully saturated rings. The zero-order chi connectivity index (χ0) is 15.1. The molecule has 0 unspecified atom stereocenters. The van der Waals surface area contributed by atoms with E-state index in [4.69, 9.17) is 17.0 Å². The molecule has 0 radical (unpaired) electrons. The van der Waals surface area contributed by atoms with Crippen molar-refractivity contribution in [3.8, 4) is 5.75 Å². The number of amides is 2. The van der Waals surface area contributed by atoms with Crippen molar-refractivity contribution in [1.29, 1.82) is 0 Å². The summed E-state index contributed by atoms with van der Waals surface area (Å²) in [5.41, 5.74) is 1.47. The number of hydrogen-bond donors (Lipinski definition) is 2. The lowest BCUT2D eigenvalue weighted by molar-refractivity contribution is 0.256. The first-order chi connectivity index (χ1) is 10.2. The molecule has 2 rings (SSSR count). The van der Waals surface area contributed by atoms with E-state index in [9.17, 15) is 4.79 Å². The molecular formula is C16H16N2O2S. The minimum Gasteiger partial charge on any atom is -0.494 e. The van der Waals surface area contributed by atoms with Gasteiger partial charge in [-0.1, -0.05) is 42.5 Å². The minimum atomic E-state index is -0.368. The Hall–Kier alpha value is -2.40. The fraction of sp³-hybridized carbons (Fsp3) is 0.125. The van der Waals surface area contributed by atoms with E-state index in [1.54, 1.807) is 24.3 Å². The zero-order valence-corrected chi connectivity index (χ0v) is 12.4. The van der Waals surface area contributed by atoms with Gasteiger partial charge in [0, 0.05) is 11.3 Å². The van der Waals surface area contributed by atoms with E-state index in [2.05, 4.69) is 10.6 Å². The van der Waals surface area contributed by atoms with Gasteiger partial charge in [0.05, 0.1) is 6.61 Å². The summed E-state index contributed by atoms with van der Waals surface area (Å²) in [6.45, 7) is 2.53. The highest BCUT2D eigenvalue weighted by Crippen LogP contribution is 2.15. The number of carbonyl (C=O) groups excluding carboxylic acids is 1. The van der Waals surface area contributed by atoms with Crippen LogP contribution < -0.4 is 15.4 Å². The lowest BCUT2D eigenvalue weighted by Gasteiger charge is -2.09. The van der Waals surface area contributed by atoms with Gasteiger partial charge >= 0.3 is 6.03 Å². The molecule has 0 saturated heterocycles. The maximum absolute atomic E-state index is 11.9. The van der Waals surface area contributed by atoms with Gasteiger partial charge < -0.3 is 10.1 Å². The molecule has 0 aliphatic carbocycles. The van der Waals surface area contributed by atoms with Crippen molar-refractivity contribution in [2.24, 2.45) is 0 Å². The second-order valence-electron chi connectivity index (χ2n) is 4.23. The Bertz CT molecular complexity index is 612. The molecule has 0 aromatic heterocycles. The van der Waals surface area contributed by atoms with Crippen molar-refractivity contribution >= 4 is 28.9 Å². The molecule has 5 heteroatoms. The Balaban J connectivity index is 1.91. The highest BCUT2D eigenvalue weighted by atomic mass is 32.1. The molecule has 0 atom stereocenters. The number of urea groups is 1. The summed E-state index contributed by atoms with van der Waals surface area (Å²) in [6.07, 6.45) is 0. The standard InChI is InChI=1S/C16H16N2O2S/c1-2-20-14-10-8-13(9-11-14)17-16(19)18-15(21)12-6-4-3-5-7-12/h3-11H,2H2,1H3,(H2,17,18,19,21). The quantitative estimate of drug-likeness (QED) is 0.849. The second-order valence-corrected chi connectivity index (χ2v) is 4.64. The number of nitrogens with one attached hydrogen (secondary N) is 2. The summed E-state index contributed by atoms with van der Waals surface area (Å²) < 4.78 is 5.34. The minimum absolute atomic E-state index is 0.368. The number of rotatable bonds is 4. The SMILES string of the molecule is CCOc1ccc(NC(=O)NC(=S)c2ccccc2)cc1. The van der Waals surface area contributed by atoms with Crippen LogP contribution in [0.4, 0.5) is 10.5 Å². The maximum Gasteiger partial charge on any atom is 0.324 e. The van der Waals surface area contributed by atoms with Gasteiger partial charge in [-0.05, 0) is 31.2 Å². The Labute approximate surface area is 129 Å². The number of carbonyl (C=O) groups is 1. The summed E-state index contributed by atoms with van der Waals surface area (Å²) in [6, 6.07) is 16.1. The molecule has 0 aliphatic rings. The summed E-state index contributed by atoms with van der Waals surface area (Å²) in [4.78, 5) is 12.3. The van der Waals surface area contributed by atoms with Crippen LogP contribution in [0, 0.1) is 0 Å². The molecule has 2 aromatic rings. The van der Waals surface area contributed by atoms with Gasteiger partial charge in [-0.15, -0.1) is 0 Å².